The van der Waals surface area contributed by atoms with Crippen molar-refractivity contribution in [2.75, 3.05) is 0 Å². The number of carboxylic acid groups (broad SMARTS) is 2. The fraction of sp³-hybridized carbons (Fsp3) is 0.529. The Bertz CT molecular complexity index is 639. The van der Waals surface area contributed by atoms with Crippen molar-refractivity contribution in [2.24, 2.45) is 5.73 Å². The van der Waals surface area contributed by atoms with E-state index in [0.717, 1.165) is 12.0 Å². The smallest absolute Gasteiger partial charge is 0.340 e. The minimum Gasteiger partial charge on any atom is -0.479 e. The van der Waals surface area contributed by atoms with Crippen molar-refractivity contribution in [1.82, 2.24) is 4.98 Å². The first-order valence-corrected chi connectivity index (χ1v) is 8.05. The summed E-state index contributed by atoms with van der Waals surface area (Å²) < 4.78 is 5.27. The van der Waals surface area contributed by atoms with E-state index in [1.54, 1.807) is 12.3 Å². The fourth-order valence-corrected chi connectivity index (χ4v) is 1.61. The summed E-state index contributed by atoms with van der Waals surface area (Å²) in [7, 11) is 0. The van der Waals surface area contributed by atoms with Crippen molar-refractivity contribution in [3.63, 3.8) is 0 Å². The molecular weight excluding hydrogens is 360 g/mol. The number of aliphatic carboxylic acids is 2. The van der Waals surface area contributed by atoms with Gasteiger partial charge < -0.3 is 30.9 Å². The van der Waals surface area contributed by atoms with Crippen LogP contribution in [0.5, 0.6) is 0 Å². The summed E-state index contributed by atoms with van der Waals surface area (Å²) in [5, 5.41) is 32.5. The second kappa shape index (κ2) is 10.6. The Morgan fingerprint density at radius 3 is 1.96 bits per heavy atom. The predicted octanol–water partition coefficient (Wildman–Crippen LogP) is 0.324. The standard InChI is InChI=1S/C13H20N2O2.C4H6O6/c1-5-11(14)9-6-10(8-15-7-9)12(16)17-13(2,3)4;5-1(3(7)8)2(6)4(9)10/h6-8,11H,5,14H2,1-4H3;1-2,5-6H,(H,7,8)(H,9,10)/t11-;/m1./s1. The summed E-state index contributed by atoms with van der Waals surface area (Å²) in [5.41, 5.74) is 6.70. The van der Waals surface area contributed by atoms with E-state index in [1.165, 1.54) is 6.20 Å². The van der Waals surface area contributed by atoms with E-state index in [9.17, 15) is 14.4 Å². The van der Waals surface area contributed by atoms with Gasteiger partial charge in [0, 0.05) is 18.4 Å². The number of aliphatic hydroxyl groups excluding tert-OH is 2. The molecule has 1 heterocycles. The zero-order valence-electron chi connectivity index (χ0n) is 15.6. The van der Waals surface area contributed by atoms with Gasteiger partial charge in [0.1, 0.15) is 5.60 Å². The first-order valence-electron chi connectivity index (χ1n) is 8.05. The molecule has 10 heteroatoms. The number of ether oxygens (including phenoxy) is 1. The number of carbonyl (C=O) groups is 3. The Balaban J connectivity index is 0.000000580. The lowest BCUT2D eigenvalue weighted by molar-refractivity contribution is -0.165. The van der Waals surface area contributed by atoms with Gasteiger partial charge in [0.25, 0.3) is 0 Å². The number of pyridine rings is 1. The molecule has 0 amide bonds. The summed E-state index contributed by atoms with van der Waals surface area (Å²) in [5.74, 6) is -3.90. The molecule has 0 radical (unpaired) electrons. The highest BCUT2D eigenvalue weighted by Gasteiger charge is 2.29. The van der Waals surface area contributed by atoms with Gasteiger partial charge in [-0.15, -0.1) is 0 Å². The number of aromatic nitrogens is 1. The van der Waals surface area contributed by atoms with Crippen molar-refractivity contribution in [2.45, 2.75) is 58.0 Å². The molecule has 1 aromatic rings. The second-order valence-electron chi connectivity index (χ2n) is 6.59. The summed E-state index contributed by atoms with van der Waals surface area (Å²) in [6.07, 6.45) is -0.545. The molecule has 0 saturated heterocycles. The van der Waals surface area contributed by atoms with Crippen LogP contribution >= 0.6 is 0 Å². The average molecular weight is 386 g/mol. The maximum Gasteiger partial charge on any atom is 0.340 e. The number of nitrogens with zero attached hydrogens (tertiary/aromatic N) is 1. The minimum absolute atomic E-state index is 0.0927. The van der Waals surface area contributed by atoms with Crippen molar-refractivity contribution in [3.8, 4) is 0 Å². The van der Waals surface area contributed by atoms with Crippen LogP contribution in [0.2, 0.25) is 0 Å². The third kappa shape index (κ3) is 9.08. The van der Waals surface area contributed by atoms with Crippen LogP contribution in [0.3, 0.4) is 0 Å². The Labute approximate surface area is 156 Å². The van der Waals surface area contributed by atoms with Crippen LogP contribution in [0.15, 0.2) is 18.5 Å². The fourth-order valence-electron chi connectivity index (χ4n) is 1.61. The first-order chi connectivity index (χ1) is 12.3. The number of nitrogens with two attached hydrogens (primary N) is 1. The predicted molar refractivity (Wildman–Crippen MR) is 93.9 cm³/mol. The van der Waals surface area contributed by atoms with Gasteiger partial charge in [0.2, 0.25) is 0 Å². The maximum atomic E-state index is 11.8. The molecule has 27 heavy (non-hydrogen) atoms. The van der Waals surface area contributed by atoms with Crippen LogP contribution in [-0.4, -0.2) is 61.1 Å². The van der Waals surface area contributed by atoms with E-state index in [2.05, 4.69) is 4.98 Å². The summed E-state index contributed by atoms with van der Waals surface area (Å²) >= 11 is 0. The van der Waals surface area contributed by atoms with Gasteiger partial charge in [-0.3, -0.25) is 4.98 Å². The van der Waals surface area contributed by atoms with Gasteiger partial charge in [-0.2, -0.15) is 0 Å². The van der Waals surface area contributed by atoms with E-state index in [0.29, 0.717) is 5.56 Å². The van der Waals surface area contributed by atoms with Crippen molar-refractivity contribution in [3.05, 3.63) is 29.6 Å². The van der Waals surface area contributed by atoms with Crippen molar-refractivity contribution < 1.29 is 39.5 Å². The van der Waals surface area contributed by atoms with E-state index in [4.69, 9.17) is 30.9 Å². The molecule has 3 atom stereocenters. The third-order valence-electron chi connectivity index (χ3n) is 3.07. The topological polar surface area (TPSA) is 180 Å². The molecule has 1 aromatic heterocycles. The first kappa shape index (κ1) is 24.4. The zero-order chi connectivity index (χ0) is 21.4. The number of carbonyl (C=O) groups excluding carboxylic acids is 1. The molecule has 152 valence electrons. The SMILES string of the molecule is CC[C@@H](N)c1cncc(C(=O)OC(C)(C)C)c1.O=C(O)C(O)C(O)C(=O)O. The lowest BCUT2D eigenvalue weighted by atomic mass is 10.1. The van der Waals surface area contributed by atoms with E-state index in [-0.39, 0.29) is 12.0 Å². The third-order valence-corrected chi connectivity index (χ3v) is 3.07. The Morgan fingerprint density at radius 2 is 1.59 bits per heavy atom. The Morgan fingerprint density at radius 1 is 1.11 bits per heavy atom. The molecule has 1 rings (SSSR count). The largest absolute Gasteiger partial charge is 0.479 e. The normalized spacial score (nSPS) is 14.2. The lowest BCUT2D eigenvalue weighted by Gasteiger charge is -2.19. The van der Waals surface area contributed by atoms with Gasteiger partial charge >= 0.3 is 17.9 Å². The number of hydrogen-bond acceptors (Lipinski definition) is 8. The number of aliphatic hydroxyl groups is 2. The van der Waals surface area contributed by atoms with Gasteiger partial charge in [0.05, 0.1) is 5.56 Å². The van der Waals surface area contributed by atoms with Gasteiger partial charge in [-0.1, -0.05) is 6.92 Å². The highest BCUT2D eigenvalue weighted by Crippen LogP contribution is 2.16. The van der Waals surface area contributed by atoms with Gasteiger partial charge in [0.15, 0.2) is 12.2 Å². The van der Waals surface area contributed by atoms with E-state index < -0.39 is 29.7 Å². The molecule has 0 bridgehead atoms. The maximum absolute atomic E-state index is 11.8. The Kier molecular flexibility index (Phi) is 9.55. The molecule has 10 nitrogen and oxygen atoms in total. The van der Waals surface area contributed by atoms with E-state index in [1.807, 2.05) is 27.7 Å². The van der Waals surface area contributed by atoms with Crippen LogP contribution in [-0.2, 0) is 14.3 Å². The van der Waals surface area contributed by atoms with Crippen LogP contribution < -0.4 is 5.73 Å². The molecular formula is C17H26N2O8. The van der Waals surface area contributed by atoms with Crippen LogP contribution in [0.4, 0.5) is 0 Å². The summed E-state index contributed by atoms with van der Waals surface area (Å²) in [4.78, 5) is 35.4. The number of esters is 1. The number of carboxylic acids is 2. The van der Waals surface area contributed by atoms with E-state index >= 15 is 0 Å². The van der Waals surface area contributed by atoms with Crippen molar-refractivity contribution >= 4 is 17.9 Å². The lowest BCUT2D eigenvalue weighted by Crippen LogP contribution is -2.39. The number of hydrogen-bond donors (Lipinski definition) is 5. The number of rotatable bonds is 6. The Hall–Kier alpha value is -2.56. The minimum atomic E-state index is -2.27. The molecule has 0 spiro atoms. The molecule has 2 unspecified atom stereocenters. The van der Waals surface area contributed by atoms with Crippen LogP contribution in [0.25, 0.3) is 0 Å². The van der Waals surface area contributed by atoms with Gasteiger partial charge in [-0.05, 0) is 38.8 Å². The summed E-state index contributed by atoms with van der Waals surface area (Å²) in [6.45, 7) is 7.49. The molecule has 0 aliphatic rings. The van der Waals surface area contributed by atoms with Crippen LogP contribution in [0.1, 0.15) is 56.1 Å². The molecule has 0 fully saturated rings. The highest BCUT2D eigenvalue weighted by atomic mass is 16.6. The zero-order valence-corrected chi connectivity index (χ0v) is 15.6. The molecule has 0 aliphatic carbocycles. The average Bonchev–Trinajstić information content (AvgIpc) is 2.58. The molecule has 0 aliphatic heterocycles. The van der Waals surface area contributed by atoms with Gasteiger partial charge in [-0.25, -0.2) is 14.4 Å². The molecule has 0 aromatic carbocycles. The second-order valence-corrected chi connectivity index (χ2v) is 6.59. The summed E-state index contributed by atoms with van der Waals surface area (Å²) in [6, 6.07) is 1.65. The molecule has 0 saturated carbocycles. The van der Waals surface area contributed by atoms with Crippen LogP contribution in [0, 0.1) is 0 Å². The quantitative estimate of drug-likeness (QED) is 0.427. The van der Waals surface area contributed by atoms with Crippen molar-refractivity contribution in [1.29, 1.82) is 0 Å². The molecule has 6 N–H and O–H groups in total. The monoisotopic (exact) mass is 386 g/mol. The highest BCUT2D eigenvalue weighted by molar-refractivity contribution is 5.89.